The Morgan fingerprint density at radius 1 is 1.07 bits per heavy atom. The first-order valence-corrected chi connectivity index (χ1v) is 10.6. The smallest absolute Gasteiger partial charge is 0.272 e. The first kappa shape index (κ1) is 22.3. The zero-order valence-electron chi connectivity index (χ0n) is 17.8. The Labute approximate surface area is 185 Å². The van der Waals surface area contributed by atoms with Crippen LogP contribution < -0.4 is 0 Å². The largest absolute Gasteiger partial charge is 0.340 e. The summed E-state index contributed by atoms with van der Waals surface area (Å²) in [6, 6.07) is 18.6. The lowest BCUT2D eigenvalue weighted by atomic mass is 9.95. The van der Waals surface area contributed by atoms with Crippen molar-refractivity contribution in [2.45, 2.75) is 19.3 Å². The van der Waals surface area contributed by atoms with Crippen molar-refractivity contribution in [3.8, 4) is 0 Å². The van der Waals surface area contributed by atoms with Gasteiger partial charge in [0.15, 0.2) is 0 Å². The van der Waals surface area contributed by atoms with Crippen LogP contribution >= 0.6 is 12.4 Å². The number of nitrogens with zero attached hydrogens (tertiary/aromatic N) is 4. The molecule has 6 heteroatoms. The van der Waals surface area contributed by atoms with Gasteiger partial charge in [0.1, 0.15) is 5.69 Å². The van der Waals surface area contributed by atoms with Gasteiger partial charge < -0.3 is 9.80 Å². The maximum atomic E-state index is 13.1. The van der Waals surface area contributed by atoms with E-state index in [0.717, 1.165) is 56.3 Å². The maximum Gasteiger partial charge on any atom is 0.272 e. The van der Waals surface area contributed by atoms with Crippen LogP contribution in [0.25, 0.3) is 10.9 Å². The van der Waals surface area contributed by atoms with Crippen LogP contribution in [0.3, 0.4) is 0 Å². The quantitative estimate of drug-likeness (QED) is 0.597. The normalized spacial score (nSPS) is 15.1. The lowest BCUT2D eigenvalue weighted by Gasteiger charge is -2.34. The molecule has 1 saturated heterocycles. The van der Waals surface area contributed by atoms with Crippen LogP contribution in [-0.4, -0.2) is 58.7 Å². The Bertz CT molecular complexity index is 964. The van der Waals surface area contributed by atoms with Crippen molar-refractivity contribution in [1.29, 1.82) is 0 Å². The fourth-order valence-electron chi connectivity index (χ4n) is 4.38. The molecule has 160 valence electrons. The molecule has 0 radical (unpaired) electrons. The molecule has 4 rings (SSSR count). The molecule has 3 aromatic rings. The second-order valence-electron chi connectivity index (χ2n) is 8.20. The van der Waals surface area contributed by atoms with E-state index in [9.17, 15) is 4.79 Å². The Hall–Kier alpha value is -2.37. The summed E-state index contributed by atoms with van der Waals surface area (Å²) in [5.41, 5.74) is 2.96. The lowest BCUT2D eigenvalue weighted by Crippen LogP contribution is -2.40. The summed E-state index contributed by atoms with van der Waals surface area (Å²) in [4.78, 5) is 17.5. The number of hydrogen-bond donors (Lipinski definition) is 0. The first-order chi connectivity index (χ1) is 14.1. The topological polar surface area (TPSA) is 41.4 Å². The van der Waals surface area contributed by atoms with E-state index in [-0.39, 0.29) is 18.3 Å². The molecule has 0 atom stereocenters. The minimum Gasteiger partial charge on any atom is -0.340 e. The first-order valence-electron chi connectivity index (χ1n) is 10.6. The summed E-state index contributed by atoms with van der Waals surface area (Å²) in [6.45, 7) is 4.17. The molecule has 0 spiro atoms. The van der Waals surface area contributed by atoms with Crippen molar-refractivity contribution in [1.82, 2.24) is 19.6 Å². The van der Waals surface area contributed by atoms with Gasteiger partial charge in [-0.15, -0.1) is 12.4 Å². The summed E-state index contributed by atoms with van der Waals surface area (Å²) in [6.07, 6.45) is 3.41. The molecular weight excluding hydrogens is 396 g/mol. The fourth-order valence-corrected chi connectivity index (χ4v) is 4.38. The number of aromatic nitrogens is 2. The zero-order valence-corrected chi connectivity index (χ0v) is 18.6. The number of piperidine rings is 1. The average molecular weight is 427 g/mol. The Morgan fingerprint density at radius 2 is 1.73 bits per heavy atom. The van der Waals surface area contributed by atoms with Gasteiger partial charge in [0.25, 0.3) is 5.91 Å². The third kappa shape index (κ3) is 5.02. The Balaban J connectivity index is 0.00000256. The van der Waals surface area contributed by atoms with Crippen molar-refractivity contribution in [3.63, 3.8) is 0 Å². The standard InChI is InChI=1S/C24H30N4O.ClH/c1-26(24(29)23-21-10-6-7-11-22(21)25-27(23)2)18-20-13-16-28(17-14-20)15-12-19-8-4-3-5-9-19;/h3-11,20H,12-18H2,1-2H3;1H. The molecule has 2 heterocycles. The van der Waals surface area contributed by atoms with Gasteiger partial charge in [0.2, 0.25) is 0 Å². The molecule has 1 amide bonds. The summed E-state index contributed by atoms with van der Waals surface area (Å²) >= 11 is 0. The molecule has 0 bridgehead atoms. The highest BCUT2D eigenvalue weighted by atomic mass is 35.5. The number of carbonyl (C=O) groups excluding carboxylic acids is 1. The van der Waals surface area contributed by atoms with E-state index >= 15 is 0 Å². The highest BCUT2D eigenvalue weighted by Gasteiger charge is 2.25. The van der Waals surface area contributed by atoms with E-state index in [2.05, 4.69) is 40.3 Å². The van der Waals surface area contributed by atoms with Crippen molar-refractivity contribution < 1.29 is 4.79 Å². The monoisotopic (exact) mass is 426 g/mol. The van der Waals surface area contributed by atoms with E-state index < -0.39 is 0 Å². The van der Waals surface area contributed by atoms with Crippen LogP contribution in [0, 0.1) is 5.92 Å². The molecule has 30 heavy (non-hydrogen) atoms. The third-order valence-electron chi connectivity index (χ3n) is 6.09. The van der Waals surface area contributed by atoms with Crippen LogP contribution in [-0.2, 0) is 13.5 Å². The molecule has 0 N–H and O–H groups in total. The molecule has 0 aliphatic carbocycles. The number of hydrogen-bond acceptors (Lipinski definition) is 3. The van der Waals surface area contributed by atoms with E-state index in [1.165, 1.54) is 5.56 Å². The van der Waals surface area contributed by atoms with E-state index in [1.807, 2.05) is 43.3 Å². The van der Waals surface area contributed by atoms with Gasteiger partial charge in [-0.3, -0.25) is 9.48 Å². The number of benzene rings is 2. The van der Waals surface area contributed by atoms with E-state index in [4.69, 9.17) is 0 Å². The number of carbonyl (C=O) groups is 1. The van der Waals surface area contributed by atoms with Crippen molar-refractivity contribution in [2.24, 2.45) is 13.0 Å². The number of likely N-dealkylation sites (tertiary alicyclic amines) is 1. The second-order valence-corrected chi connectivity index (χ2v) is 8.20. The predicted octanol–water partition coefficient (Wildman–Crippen LogP) is 4.02. The summed E-state index contributed by atoms with van der Waals surface area (Å²) in [7, 11) is 3.78. The van der Waals surface area contributed by atoms with E-state index in [1.54, 1.807) is 4.68 Å². The Morgan fingerprint density at radius 3 is 2.47 bits per heavy atom. The highest BCUT2D eigenvalue weighted by molar-refractivity contribution is 6.04. The number of fused-ring (bicyclic) bond motifs is 1. The summed E-state index contributed by atoms with van der Waals surface area (Å²) in [5.74, 6) is 0.629. The van der Waals surface area contributed by atoms with Crippen molar-refractivity contribution >= 4 is 29.2 Å². The summed E-state index contributed by atoms with van der Waals surface area (Å²) in [5, 5.41) is 5.41. The van der Waals surface area contributed by atoms with Gasteiger partial charge >= 0.3 is 0 Å². The highest BCUT2D eigenvalue weighted by Crippen LogP contribution is 2.22. The molecular formula is C24H31ClN4O. The molecule has 1 aromatic heterocycles. The van der Waals surface area contributed by atoms with Gasteiger partial charge in [0, 0.05) is 32.6 Å². The van der Waals surface area contributed by atoms with Gasteiger partial charge in [0.05, 0.1) is 5.52 Å². The number of amides is 1. The molecule has 5 nitrogen and oxygen atoms in total. The van der Waals surface area contributed by atoms with Crippen LogP contribution in [0.5, 0.6) is 0 Å². The zero-order chi connectivity index (χ0) is 20.2. The van der Waals surface area contributed by atoms with Crippen LogP contribution in [0.2, 0.25) is 0 Å². The molecule has 1 aliphatic rings. The molecule has 1 fully saturated rings. The molecule has 0 unspecified atom stereocenters. The van der Waals surface area contributed by atoms with Gasteiger partial charge in [-0.2, -0.15) is 5.10 Å². The molecule has 2 aromatic carbocycles. The van der Waals surface area contributed by atoms with E-state index in [0.29, 0.717) is 11.6 Å². The number of halogens is 1. The average Bonchev–Trinajstić information content (AvgIpc) is 3.09. The van der Waals surface area contributed by atoms with Gasteiger partial charge in [-0.05, 0) is 49.9 Å². The second kappa shape index (κ2) is 10.1. The van der Waals surface area contributed by atoms with Crippen LogP contribution in [0.4, 0.5) is 0 Å². The third-order valence-corrected chi connectivity index (χ3v) is 6.09. The van der Waals surface area contributed by atoms with Gasteiger partial charge in [-0.1, -0.05) is 48.5 Å². The molecule has 0 saturated carbocycles. The predicted molar refractivity (Wildman–Crippen MR) is 124 cm³/mol. The minimum absolute atomic E-state index is 0. The fraction of sp³-hybridized carbons (Fsp3) is 0.417. The summed E-state index contributed by atoms with van der Waals surface area (Å²) < 4.78 is 1.72. The van der Waals surface area contributed by atoms with Crippen molar-refractivity contribution in [3.05, 3.63) is 65.9 Å². The van der Waals surface area contributed by atoms with Crippen molar-refractivity contribution in [2.75, 3.05) is 33.2 Å². The minimum atomic E-state index is 0. The SMILES string of the molecule is CN(CC1CCN(CCc2ccccc2)CC1)C(=O)c1c2ccccc2nn1C.Cl. The lowest BCUT2D eigenvalue weighted by molar-refractivity contribution is 0.0731. The number of rotatable bonds is 6. The van der Waals surface area contributed by atoms with Gasteiger partial charge in [-0.25, -0.2) is 0 Å². The number of aryl methyl sites for hydroxylation is 1. The van der Waals surface area contributed by atoms with Crippen LogP contribution in [0.15, 0.2) is 54.6 Å². The van der Waals surface area contributed by atoms with Crippen LogP contribution in [0.1, 0.15) is 28.9 Å². The molecule has 1 aliphatic heterocycles. The Kier molecular flexibility index (Phi) is 7.51. The maximum absolute atomic E-state index is 13.1.